The molecule has 1 fully saturated rings. The van der Waals surface area contributed by atoms with Crippen molar-refractivity contribution in [3.8, 4) is 5.75 Å². The molecule has 3 rings (SSSR count). The fourth-order valence-corrected chi connectivity index (χ4v) is 2.60. The number of benzene rings is 1. The lowest BCUT2D eigenvalue weighted by Gasteiger charge is -2.32. The van der Waals surface area contributed by atoms with Crippen LogP contribution >= 0.6 is 11.6 Å². The lowest BCUT2D eigenvalue weighted by Crippen LogP contribution is -2.41. The molecule has 1 aliphatic heterocycles. The van der Waals surface area contributed by atoms with Crippen molar-refractivity contribution in [1.29, 1.82) is 0 Å². The molecule has 1 saturated heterocycles. The van der Waals surface area contributed by atoms with Crippen molar-refractivity contribution in [3.05, 3.63) is 53.6 Å². The van der Waals surface area contributed by atoms with E-state index in [4.69, 9.17) is 16.3 Å². The maximum absolute atomic E-state index is 12.3. The Balaban J connectivity index is 1.54. The van der Waals surface area contributed by atoms with Crippen LogP contribution in [0.4, 0.5) is 0 Å². The second-order valence-electron chi connectivity index (χ2n) is 5.19. The van der Waals surface area contributed by atoms with Crippen LogP contribution in [0.1, 0.15) is 23.2 Å². The first kappa shape index (κ1) is 14.8. The summed E-state index contributed by atoms with van der Waals surface area (Å²) in [7, 11) is 0. The SMILES string of the molecule is O=C(c1cncnc1)N1CCC(Oc2ccc(Cl)cc2)CC1. The van der Waals surface area contributed by atoms with Crippen LogP contribution in [0.3, 0.4) is 0 Å². The normalized spacial score (nSPS) is 15.6. The molecule has 114 valence electrons. The topological polar surface area (TPSA) is 55.3 Å². The molecule has 1 amide bonds. The summed E-state index contributed by atoms with van der Waals surface area (Å²) in [6, 6.07) is 7.35. The molecule has 0 bridgehead atoms. The molecule has 1 aliphatic rings. The molecule has 6 heteroatoms. The van der Waals surface area contributed by atoms with Gasteiger partial charge in [-0.05, 0) is 24.3 Å². The van der Waals surface area contributed by atoms with Crippen molar-refractivity contribution in [3.63, 3.8) is 0 Å². The van der Waals surface area contributed by atoms with E-state index in [0.29, 0.717) is 23.7 Å². The van der Waals surface area contributed by atoms with Gasteiger partial charge in [-0.1, -0.05) is 11.6 Å². The summed E-state index contributed by atoms with van der Waals surface area (Å²) in [4.78, 5) is 21.9. The standard InChI is InChI=1S/C16H16ClN3O2/c17-13-1-3-14(4-2-13)22-15-5-7-20(8-6-15)16(21)12-9-18-11-19-10-12/h1-4,9-11,15H,5-8H2. The van der Waals surface area contributed by atoms with E-state index >= 15 is 0 Å². The van der Waals surface area contributed by atoms with Crippen molar-refractivity contribution in [2.75, 3.05) is 13.1 Å². The zero-order valence-corrected chi connectivity index (χ0v) is 12.7. The van der Waals surface area contributed by atoms with Gasteiger partial charge in [-0.25, -0.2) is 9.97 Å². The maximum Gasteiger partial charge on any atom is 0.256 e. The summed E-state index contributed by atoms with van der Waals surface area (Å²) in [5.41, 5.74) is 0.527. The Hall–Kier alpha value is -2.14. The van der Waals surface area contributed by atoms with Gasteiger partial charge in [0.15, 0.2) is 0 Å². The molecule has 5 nitrogen and oxygen atoms in total. The molecule has 0 N–H and O–H groups in total. The number of rotatable bonds is 3. The van der Waals surface area contributed by atoms with Crippen molar-refractivity contribution < 1.29 is 9.53 Å². The highest BCUT2D eigenvalue weighted by molar-refractivity contribution is 6.30. The quantitative estimate of drug-likeness (QED) is 0.873. The minimum atomic E-state index is -0.0226. The van der Waals surface area contributed by atoms with E-state index in [9.17, 15) is 4.79 Å². The minimum Gasteiger partial charge on any atom is -0.490 e. The minimum absolute atomic E-state index is 0.0226. The van der Waals surface area contributed by atoms with Crippen molar-refractivity contribution in [2.45, 2.75) is 18.9 Å². The van der Waals surface area contributed by atoms with E-state index in [0.717, 1.165) is 18.6 Å². The molecule has 1 aromatic carbocycles. The predicted molar refractivity (Wildman–Crippen MR) is 83.0 cm³/mol. The van der Waals surface area contributed by atoms with Gasteiger partial charge in [-0.15, -0.1) is 0 Å². The third-order valence-corrected chi connectivity index (χ3v) is 3.91. The highest BCUT2D eigenvalue weighted by Crippen LogP contribution is 2.21. The first-order chi connectivity index (χ1) is 10.7. The van der Waals surface area contributed by atoms with Gasteiger partial charge in [0.2, 0.25) is 0 Å². The molecule has 2 aromatic rings. The molecule has 0 radical (unpaired) electrons. The molecule has 0 atom stereocenters. The van der Waals surface area contributed by atoms with Crippen LogP contribution in [0.5, 0.6) is 5.75 Å². The molecule has 22 heavy (non-hydrogen) atoms. The van der Waals surface area contributed by atoms with E-state index in [-0.39, 0.29) is 12.0 Å². The van der Waals surface area contributed by atoms with Crippen LogP contribution < -0.4 is 4.74 Å². The zero-order chi connectivity index (χ0) is 15.4. The summed E-state index contributed by atoms with van der Waals surface area (Å²) in [6.07, 6.45) is 6.25. The summed E-state index contributed by atoms with van der Waals surface area (Å²) < 4.78 is 5.92. The number of ether oxygens (including phenoxy) is 1. The molecule has 0 unspecified atom stereocenters. The van der Waals surface area contributed by atoms with E-state index in [1.807, 2.05) is 29.2 Å². The Morgan fingerprint density at radius 3 is 2.41 bits per heavy atom. The van der Waals surface area contributed by atoms with Gasteiger partial charge in [0.05, 0.1) is 5.56 Å². The van der Waals surface area contributed by atoms with E-state index in [1.165, 1.54) is 6.33 Å². The number of carbonyl (C=O) groups is 1. The molecule has 0 aliphatic carbocycles. The summed E-state index contributed by atoms with van der Waals surface area (Å²) in [5.74, 6) is 0.788. The van der Waals surface area contributed by atoms with Gasteiger partial charge in [0.1, 0.15) is 18.2 Å². The lowest BCUT2D eigenvalue weighted by molar-refractivity contribution is 0.0595. The largest absolute Gasteiger partial charge is 0.490 e. The number of hydrogen-bond donors (Lipinski definition) is 0. The Kier molecular flexibility index (Phi) is 4.53. The number of halogens is 1. The molecule has 0 saturated carbocycles. The number of nitrogens with zero attached hydrogens (tertiary/aromatic N) is 3. The number of likely N-dealkylation sites (tertiary alicyclic amines) is 1. The number of carbonyl (C=O) groups excluding carboxylic acids is 1. The molecule has 2 heterocycles. The number of piperidine rings is 1. The number of aromatic nitrogens is 2. The van der Waals surface area contributed by atoms with Crippen molar-refractivity contribution in [2.24, 2.45) is 0 Å². The summed E-state index contributed by atoms with van der Waals surface area (Å²) >= 11 is 5.86. The third kappa shape index (κ3) is 3.54. The van der Waals surface area contributed by atoms with Crippen LogP contribution in [-0.4, -0.2) is 40.0 Å². The highest BCUT2D eigenvalue weighted by Gasteiger charge is 2.24. The molecular weight excluding hydrogens is 302 g/mol. The second kappa shape index (κ2) is 6.75. The van der Waals surface area contributed by atoms with Crippen LogP contribution in [0, 0.1) is 0 Å². The van der Waals surface area contributed by atoms with Gasteiger partial charge in [-0.2, -0.15) is 0 Å². The number of hydrogen-bond acceptors (Lipinski definition) is 4. The van der Waals surface area contributed by atoms with Crippen LogP contribution in [0.15, 0.2) is 43.0 Å². The van der Waals surface area contributed by atoms with Gasteiger partial charge in [0.25, 0.3) is 5.91 Å². The lowest BCUT2D eigenvalue weighted by atomic mass is 10.1. The van der Waals surface area contributed by atoms with Crippen LogP contribution in [-0.2, 0) is 0 Å². The van der Waals surface area contributed by atoms with Gasteiger partial charge < -0.3 is 9.64 Å². The first-order valence-electron chi connectivity index (χ1n) is 7.19. The van der Waals surface area contributed by atoms with E-state index < -0.39 is 0 Å². The predicted octanol–water partition coefficient (Wildman–Crippen LogP) is 2.81. The van der Waals surface area contributed by atoms with E-state index in [1.54, 1.807) is 12.4 Å². The third-order valence-electron chi connectivity index (χ3n) is 3.65. The average molecular weight is 318 g/mol. The number of amides is 1. The highest BCUT2D eigenvalue weighted by atomic mass is 35.5. The fraction of sp³-hybridized carbons (Fsp3) is 0.312. The van der Waals surface area contributed by atoms with Crippen LogP contribution in [0.2, 0.25) is 5.02 Å². The summed E-state index contributed by atoms with van der Waals surface area (Å²) in [5, 5.41) is 0.692. The average Bonchev–Trinajstić information content (AvgIpc) is 2.58. The van der Waals surface area contributed by atoms with Gasteiger partial charge in [0, 0.05) is 43.3 Å². The molecule has 1 aromatic heterocycles. The first-order valence-corrected chi connectivity index (χ1v) is 7.56. The van der Waals surface area contributed by atoms with Gasteiger partial charge >= 0.3 is 0 Å². The monoisotopic (exact) mass is 317 g/mol. The Labute approximate surface area is 133 Å². The fourth-order valence-electron chi connectivity index (χ4n) is 2.47. The van der Waals surface area contributed by atoms with Crippen molar-refractivity contribution >= 4 is 17.5 Å². The maximum atomic E-state index is 12.3. The molecule has 0 spiro atoms. The summed E-state index contributed by atoms with van der Waals surface area (Å²) in [6.45, 7) is 1.35. The van der Waals surface area contributed by atoms with Gasteiger partial charge in [-0.3, -0.25) is 4.79 Å². The Morgan fingerprint density at radius 1 is 1.14 bits per heavy atom. The molecular formula is C16H16ClN3O2. The zero-order valence-electron chi connectivity index (χ0n) is 12.0. The smallest absolute Gasteiger partial charge is 0.256 e. The van der Waals surface area contributed by atoms with E-state index in [2.05, 4.69) is 9.97 Å². The Bertz CT molecular complexity index is 626. The second-order valence-corrected chi connectivity index (χ2v) is 5.63. The van der Waals surface area contributed by atoms with Crippen LogP contribution in [0.25, 0.3) is 0 Å². The Morgan fingerprint density at radius 2 is 1.77 bits per heavy atom. The van der Waals surface area contributed by atoms with Crippen molar-refractivity contribution in [1.82, 2.24) is 14.9 Å².